The monoisotopic (exact) mass is 236 g/mol. The number of rotatable bonds is 2. The molecule has 2 rings (SSSR count). The van der Waals surface area contributed by atoms with Crippen molar-refractivity contribution >= 4 is 11.6 Å². The van der Waals surface area contributed by atoms with Crippen LogP contribution in [0.3, 0.4) is 0 Å². The molecule has 1 aromatic carbocycles. The topological polar surface area (TPSA) is 0 Å². The van der Waals surface area contributed by atoms with Crippen molar-refractivity contribution in [3.63, 3.8) is 0 Å². The van der Waals surface area contributed by atoms with E-state index in [0.29, 0.717) is 5.38 Å². The molecule has 0 aliphatic heterocycles. The Balaban J connectivity index is 2.00. The van der Waals surface area contributed by atoms with Crippen molar-refractivity contribution in [2.45, 2.75) is 50.8 Å². The van der Waals surface area contributed by atoms with E-state index in [1.807, 2.05) is 0 Å². The van der Waals surface area contributed by atoms with Crippen LogP contribution in [0.2, 0.25) is 0 Å². The Kier molecular flexibility index (Phi) is 4.29. The molecule has 0 amide bonds. The Labute approximate surface area is 104 Å². The Bertz CT molecular complexity index is 332. The van der Waals surface area contributed by atoms with Crippen molar-refractivity contribution in [1.82, 2.24) is 0 Å². The zero-order valence-electron chi connectivity index (χ0n) is 10.1. The van der Waals surface area contributed by atoms with Crippen LogP contribution in [0, 0.1) is 12.8 Å². The number of hydrogen-bond acceptors (Lipinski definition) is 0. The maximum atomic E-state index is 6.32. The van der Waals surface area contributed by atoms with Crippen molar-refractivity contribution in [1.29, 1.82) is 0 Å². The van der Waals surface area contributed by atoms with E-state index in [1.165, 1.54) is 49.7 Å². The standard InChI is InChI=1S/C15H21Cl/c1-12-6-2-4-8-14(12)10-13-7-3-5-9-15(16)11-13/h2,4,6,8,13,15H,3,5,7,9-11H2,1H3. The Morgan fingerprint density at radius 3 is 2.75 bits per heavy atom. The highest BCUT2D eigenvalue weighted by Gasteiger charge is 2.19. The highest BCUT2D eigenvalue weighted by atomic mass is 35.5. The Hall–Kier alpha value is -0.490. The zero-order chi connectivity index (χ0) is 11.4. The molecule has 2 unspecified atom stereocenters. The largest absolute Gasteiger partial charge is 0.123 e. The molecule has 0 saturated heterocycles. The summed E-state index contributed by atoms with van der Waals surface area (Å²) in [7, 11) is 0. The van der Waals surface area contributed by atoms with Crippen molar-refractivity contribution in [3.05, 3.63) is 35.4 Å². The van der Waals surface area contributed by atoms with Crippen LogP contribution in [0.4, 0.5) is 0 Å². The fourth-order valence-electron chi connectivity index (χ4n) is 2.73. The average Bonchev–Trinajstić information content (AvgIpc) is 2.46. The molecular formula is C15H21Cl. The molecule has 1 aliphatic rings. The second-order valence-corrected chi connectivity index (χ2v) is 5.73. The van der Waals surface area contributed by atoms with Crippen LogP contribution < -0.4 is 0 Å². The number of hydrogen-bond donors (Lipinski definition) is 0. The minimum Gasteiger partial charge on any atom is -0.123 e. The van der Waals surface area contributed by atoms with Crippen LogP contribution in [-0.4, -0.2) is 5.38 Å². The molecule has 0 aromatic heterocycles. The molecular weight excluding hydrogens is 216 g/mol. The van der Waals surface area contributed by atoms with Gasteiger partial charge in [-0.1, -0.05) is 43.5 Å². The second kappa shape index (κ2) is 5.72. The summed E-state index contributed by atoms with van der Waals surface area (Å²) in [5, 5.41) is 0.413. The first-order chi connectivity index (χ1) is 7.75. The van der Waals surface area contributed by atoms with Crippen molar-refractivity contribution in [2.75, 3.05) is 0 Å². The van der Waals surface area contributed by atoms with Gasteiger partial charge in [0.05, 0.1) is 0 Å². The summed E-state index contributed by atoms with van der Waals surface area (Å²) in [5.74, 6) is 0.797. The van der Waals surface area contributed by atoms with Gasteiger partial charge in [0.2, 0.25) is 0 Å². The second-order valence-electron chi connectivity index (χ2n) is 5.11. The summed E-state index contributed by atoms with van der Waals surface area (Å²) >= 11 is 6.32. The molecule has 0 N–H and O–H groups in total. The predicted molar refractivity (Wildman–Crippen MR) is 71.1 cm³/mol. The maximum Gasteiger partial charge on any atom is 0.0338 e. The first kappa shape index (κ1) is 12.0. The quantitative estimate of drug-likeness (QED) is 0.515. The highest BCUT2D eigenvalue weighted by Crippen LogP contribution is 2.29. The number of alkyl halides is 1. The van der Waals surface area contributed by atoms with Crippen LogP contribution in [0.25, 0.3) is 0 Å². The molecule has 1 saturated carbocycles. The lowest BCUT2D eigenvalue weighted by Crippen LogP contribution is -2.09. The van der Waals surface area contributed by atoms with Crippen LogP contribution in [0.15, 0.2) is 24.3 Å². The third-order valence-electron chi connectivity index (χ3n) is 3.74. The van der Waals surface area contributed by atoms with Gasteiger partial charge in [-0.05, 0) is 43.2 Å². The SMILES string of the molecule is Cc1ccccc1CC1CCCCC(Cl)C1. The molecule has 0 bridgehead atoms. The van der Waals surface area contributed by atoms with Gasteiger partial charge >= 0.3 is 0 Å². The molecule has 88 valence electrons. The lowest BCUT2D eigenvalue weighted by Gasteiger charge is -2.17. The molecule has 2 atom stereocenters. The fraction of sp³-hybridized carbons (Fsp3) is 0.600. The van der Waals surface area contributed by atoms with Gasteiger partial charge in [-0.15, -0.1) is 11.6 Å². The van der Waals surface area contributed by atoms with Gasteiger partial charge in [-0.3, -0.25) is 0 Å². The van der Waals surface area contributed by atoms with Gasteiger partial charge in [0.25, 0.3) is 0 Å². The molecule has 1 heteroatoms. The fourth-order valence-corrected chi connectivity index (χ4v) is 3.14. The Morgan fingerprint density at radius 1 is 1.19 bits per heavy atom. The molecule has 0 heterocycles. The molecule has 0 radical (unpaired) electrons. The summed E-state index contributed by atoms with van der Waals surface area (Å²) in [5.41, 5.74) is 2.94. The van der Waals surface area contributed by atoms with E-state index in [0.717, 1.165) is 5.92 Å². The van der Waals surface area contributed by atoms with Crippen molar-refractivity contribution in [3.8, 4) is 0 Å². The minimum atomic E-state index is 0.413. The summed E-state index contributed by atoms with van der Waals surface area (Å²) in [6, 6.07) is 8.75. The summed E-state index contributed by atoms with van der Waals surface area (Å²) < 4.78 is 0. The third-order valence-corrected chi connectivity index (χ3v) is 4.14. The van der Waals surface area contributed by atoms with E-state index in [2.05, 4.69) is 31.2 Å². The third kappa shape index (κ3) is 3.25. The first-order valence-electron chi connectivity index (χ1n) is 6.44. The van der Waals surface area contributed by atoms with Gasteiger partial charge in [0, 0.05) is 5.38 Å². The van der Waals surface area contributed by atoms with E-state index >= 15 is 0 Å². The van der Waals surface area contributed by atoms with E-state index in [9.17, 15) is 0 Å². The molecule has 0 nitrogen and oxygen atoms in total. The van der Waals surface area contributed by atoms with Gasteiger partial charge in [-0.25, -0.2) is 0 Å². The predicted octanol–water partition coefficient (Wildman–Crippen LogP) is 4.73. The number of halogens is 1. The Morgan fingerprint density at radius 2 is 1.94 bits per heavy atom. The zero-order valence-corrected chi connectivity index (χ0v) is 10.8. The van der Waals surface area contributed by atoms with Crippen molar-refractivity contribution < 1.29 is 0 Å². The van der Waals surface area contributed by atoms with Gasteiger partial charge < -0.3 is 0 Å². The highest BCUT2D eigenvalue weighted by molar-refractivity contribution is 6.20. The molecule has 1 fully saturated rings. The number of benzene rings is 1. The van der Waals surface area contributed by atoms with E-state index in [-0.39, 0.29) is 0 Å². The summed E-state index contributed by atoms with van der Waals surface area (Å²) in [4.78, 5) is 0. The summed E-state index contributed by atoms with van der Waals surface area (Å²) in [6.45, 7) is 2.21. The van der Waals surface area contributed by atoms with Gasteiger partial charge in [0.15, 0.2) is 0 Å². The molecule has 1 aliphatic carbocycles. The van der Waals surface area contributed by atoms with Crippen molar-refractivity contribution in [2.24, 2.45) is 5.92 Å². The van der Waals surface area contributed by atoms with E-state index in [4.69, 9.17) is 11.6 Å². The molecule has 16 heavy (non-hydrogen) atoms. The van der Waals surface area contributed by atoms with E-state index < -0.39 is 0 Å². The van der Waals surface area contributed by atoms with Gasteiger partial charge in [-0.2, -0.15) is 0 Å². The normalized spacial score (nSPS) is 26.4. The summed E-state index contributed by atoms with van der Waals surface area (Å²) in [6.07, 6.45) is 7.67. The van der Waals surface area contributed by atoms with Gasteiger partial charge in [0.1, 0.15) is 0 Å². The maximum absolute atomic E-state index is 6.32. The van der Waals surface area contributed by atoms with Crippen LogP contribution in [0.5, 0.6) is 0 Å². The van der Waals surface area contributed by atoms with Crippen LogP contribution in [0.1, 0.15) is 43.2 Å². The number of aryl methyl sites for hydroxylation is 1. The first-order valence-corrected chi connectivity index (χ1v) is 6.88. The smallest absolute Gasteiger partial charge is 0.0338 e. The average molecular weight is 237 g/mol. The van der Waals surface area contributed by atoms with Crippen LogP contribution in [-0.2, 0) is 6.42 Å². The lowest BCUT2D eigenvalue weighted by atomic mass is 9.90. The van der Waals surface area contributed by atoms with Crippen LogP contribution >= 0.6 is 11.6 Å². The minimum absolute atomic E-state index is 0.413. The lowest BCUT2D eigenvalue weighted by molar-refractivity contribution is 0.459. The van der Waals surface area contributed by atoms with E-state index in [1.54, 1.807) is 0 Å². The molecule has 0 spiro atoms. The molecule has 1 aromatic rings.